The fourth-order valence-corrected chi connectivity index (χ4v) is 4.12. The Bertz CT molecular complexity index is 1280. The molecule has 0 saturated carbocycles. The Hall–Kier alpha value is -4.84. The number of carbonyl (C=O) groups excluding carboxylic acids is 4. The van der Waals surface area contributed by atoms with Gasteiger partial charge in [0, 0.05) is 11.1 Å². The van der Waals surface area contributed by atoms with Crippen LogP contribution < -0.4 is 0 Å². The first-order chi connectivity index (χ1) is 19.0. The van der Waals surface area contributed by atoms with Crippen molar-refractivity contribution in [3.63, 3.8) is 0 Å². The van der Waals surface area contributed by atoms with Crippen molar-refractivity contribution in [1.82, 2.24) is 0 Å². The zero-order valence-electron chi connectivity index (χ0n) is 21.3. The van der Waals surface area contributed by atoms with Gasteiger partial charge in [-0.05, 0) is 17.5 Å². The van der Waals surface area contributed by atoms with Crippen molar-refractivity contribution in [3.8, 4) is 0 Å². The Labute approximate surface area is 227 Å². The molecule has 6 heteroatoms. The van der Waals surface area contributed by atoms with Crippen LogP contribution in [-0.2, 0) is 32.3 Å². The number of hydrogen-bond donors (Lipinski definition) is 0. The minimum Gasteiger partial charge on any atom is -0.460 e. The summed E-state index contributed by atoms with van der Waals surface area (Å²) in [6, 6.07) is 34.7. The van der Waals surface area contributed by atoms with Crippen molar-refractivity contribution in [1.29, 1.82) is 0 Å². The molecule has 0 spiro atoms. The topological polar surface area (TPSA) is 86.7 Å². The Kier molecular flexibility index (Phi) is 9.51. The van der Waals surface area contributed by atoms with E-state index in [4.69, 9.17) is 9.47 Å². The van der Waals surface area contributed by atoms with E-state index in [9.17, 15) is 19.2 Å². The van der Waals surface area contributed by atoms with E-state index in [-0.39, 0.29) is 30.8 Å². The SMILES string of the molecule is O=C(OCc1ccccc1)C(CC(C(=O)OCc1ccccc1)C(=O)c1ccccc1)C(=O)c1ccccc1. The minimum atomic E-state index is -1.39. The molecule has 0 aliphatic heterocycles. The molecule has 39 heavy (non-hydrogen) atoms. The van der Waals surface area contributed by atoms with Crippen LogP contribution >= 0.6 is 0 Å². The van der Waals surface area contributed by atoms with Gasteiger partial charge in [0.15, 0.2) is 11.6 Å². The molecule has 0 aliphatic carbocycles. The van der Waals surface area contributed by atoms with Crippen LogP contribution in [0.25, 0.3) is 0 Å². The monoisotopic (exact) mass is 520 g/mol. The molecule has 0 saturated heterocycles. The third kappa shape index (κ3) is 7.58. The number of ketones is 2. The average molecular weight is 521 g/mol. The Morgan fingerprint density at radius 3 is 1.10 bits per heavy atom. The molecule has 2 unspecified atom stereocenters. The number of Topliss-reactive ketones (excluding diaryl/α,β-unsaturated/α-hetero) is 2. The first-order valence-electron chi connectivity index (χ1n) is 12.6. The zero-order valence-corrected chi connectivity index (χ0v) is 21.3. The van der Waals surface area contributed by atoms with E-state index in [1.807, 2.05) is 36.4 Å². The Morgan fingerprint density at radius 2 is 0.769 bits per heavy atom. The third-order valence-corrected chi connectivity index (χ3v) is 6.24. The number of esters is 2. The molecule has 2 atom stereocenters. The molecule has 4 aromatic rings. The van der Waals surface area contributed by atoms with E-state index in [1.165, 1.54) is 0 Å². The van der Waals surface area contributed by atoms with Gasteiger partial charge in [-0.25, -0.2) is 0 Å². The van der Waals surface area contributed by atoms with Crippen molar-refractivity contribution in [3.05, 3.63) is 144 Å². The number of carbonyl (C=O) groups is 4. The first kappa shape index (κ1) is 27.2. The van der Waals surface area contributed by atoms with Gasteiger partial charge < -0.3 is 9.47 Å². The maximum atomic E-state index is 13.5. The van der Waals surface area contributed by atoms with Crippen LogP contribution in [-0.4, -0.2) is 23.5 Å². The summed E-state index contributed by atoms with van der Waals surface area (Å²) in [5.41, 5.74) is 2.05. The van der Waals surface area contributed by atoms with Crippen LogP contribution in [0.2, 0.25) is 0 Å². The van der Waals surface area contributed by atoms with Gasteiger partial charge in [0.25, 0.3) is 0 Å². The van der Waals surface area contributed by atoms with Crippen LogP contribution in [0.4, 0.5) is 0 Å². The second-order valence-corrected chi connectivity index (χ2v) is 8.99. The maximum absolute atomic E-state index is 13.5. The number of hydrogen-bond acceptors (Lipinski definition) is 6. The molecule has 4 rings (SSSR count). The lowest BCUT2D eigenvalue weighted by atomic mass is 9.84. The molecule has 0 aromatic heterocycles. The molecular formula is C33H28O6. The van der Waals surface area contributed by atoms with Gasteiger partial charge in [-0.2, -0.15) is 0 Å². The highest BCUT2D eigenvalue weighted by Gasteiger charge is 2.38. The van der Waals surface area contributed by atoms with Crippen LogP contribution in [0.1, 0.15) is 38.3 Å². The van der Waals surface area contributed by atoms with Crippen LogP contribution in [0, 0.1) is 11.8 Å². The van der Waals surface area contributed by atoms with E-state index < -0.39 is 35.3 Å². The molecule has 196 valence electrons. The number of rotatable bonds is 12. The minimum absolute atomic E-state index is 0.0476. The Morgan fingerprint density at radius 1 is 0.462 bits per heavy atom. The van der Waals surface area contributed by atoms with Crippen LogP contribution in [0.3, 0.4) is 0 Å². The van der Waals surface area contributed by atoms with E-state index in [1.54, 1.807) is 84.9 Å². The summed E-state index contributed by atoms with van der Waals surface area (Å²) in [5.74, 6) is -5.47. The quantitative estimate of drug-likeness (QED) is 0.132. The molecule has 4 aromatic carbocycles. The predicted molar refractivity (Wildman–Crippen MR) is 146 cm³/mol. The summed E-state index contributed by atoms with van der Waals surface area (Å²) in [4.78, 5) is 53.7. The normalized spacial score (nSPS) is 12.1. The van der Waals surface area contributed by atoms with Gasteiger partial charge in [-0.15, -0.1) is 0 Å². The molecule has 0 N–H and O–H groups in total. The van der Waals surface area contributed by atoms with Gasteiger partial charge in [0.2, 0.25) is 0 Å². The lowest BCUT2D eigenvalue weighted by Gasteiger charge is -2.21. The lowest BCUT2D eigenvalue weighted by molar-refractivity contribution is -0.151. The maximum Gasteiger partial charge on any atom is 0.317 e. The molecule has 0 aliphatic rings. The fraction of sp³-hybridized carbons (Fsp3) is 0.152. The van der Waals surface area contributed by atoms with Crippen molar-refractivity contribution < 1.29 is 28.7 Å². The lowest BCUT2D eigenvalue weighted by Crippen LogP contribution is -2.35. The average Bonchev–Trinajstić information content (AvgIpc) is 3.00. The van der Waals surface area contributed by atoms with Gasteiger partial charge in [0.05, 0.1) is 0 Å². The molecular weight excluding hydrogens is 492 g/mol. The molecule has 0 amide bonds. The van der Waals surface area contributed by atoms with Crippen molar-refractivity contribution >= 4 is 23.5 Å². The van der Waals surface area contributed by atoms with Gasteiger partial charge >= 0.3 is 11.9 Å². The number of ether oxygens (including phenoxy) is 2. The standard InChI is InChI=1S/C33H28O6/c34-30(26-17-9-3-10-18-26)28(32(36)38-22-24-13-5-1-6-14-24)21-29(31(35)27-19-11-4-12-20-27)33(37)39-23-25-15-7-2-8-16-25/h1-20,28-29H,21-23H2. The summed E-state index contributed by atoms with van der Waals surface area (Å²) in [5, 5.41) is 0. The van der Waals surface area contributed by atoms with Crippen LogP contribution in [0.15, 0.2) is 121 Å². The first-order valence-corrected chi connectivity index (χ1v) is 12.6. The molecule has 0 fully saturated rings. The van der Waals surface area contributed by atoms with E-state index in [0.29, 0.717) is 0 Å². The summed E-state index contributed by atoms with van der Waals surface area (Å²) >= 11 is 0. The molecule has 0 radical (unpaired) electrons. The Balaban J connectivity index is 1.61. The van der Waals surface area contributed by atoms with Gasteiger partial charge in [-0.1, -0.05) is 121 Å². The van der Waals surface area contributed by atoms with Crippen molar-refractivity contribution in [2.24, 2.45) is 11.8 Å². The van der Waals surface area contributed by atoms with E-state index in [2.05, 4.69) is 0 Å². The van der Waals surface area contributed by atoms with Gasteiger partial charge in [-0.3, -0.25) is 19.2 Å². The van der Waals surface area contributed by atoms with E-state index >= 15 is 0 Å². The summed E-state index contributed by atoms with van der Waals surface area (Å²) in [6.45, 7) is -0.0952. The highest BCUT2D eigenvalue weighted by atomic mass is 16.5. The second-order valence-electron chi connectivity index (χ2n) is 8.99. The molecule has 0 bridgehead atoms. The fourth-order valence-electron chi connectivity index (χ4n) is 4.12. The summed E-state index contributed by atoms with van der Waals surface area (Å²) in [6.07, 6.45) is -0.386. The smallest absolute Gasteiger partial charge is 0.317 e. The van der Waals surface area contributed by atoms with Crippen LogP contribution in [0.5, 0.6) is 0 Å². The largest absolute Gasteiger partial charge is 0.460 e. The second kappa shape index (κ2) is 13.6. The van der Waals surface area contributed by atoms with Crippen molar-refractivity contribution in [2.45, 2.75) is 19.6 Å². The molecule has 6 nitrogen and oxygen atoms in total. The third-order valence-electron chi connectivity index (χ3n) is 6.24. The number of benzene rings is 4. The predicted octanol–water partition coefficient (Wildman–Crippen LogP) is 5.86. The van der Waals surface area contributed by atoms with E-state index in [0.717, 1.165) is 11.1 Å². The zero-order chi connectivity index (χ0) is 27.5. The van der Waals surface area contributed by atoms with Gasteiger partial charge in [0.1, 0.15) is 25.0 Å². The highest BCUT2D eigenvalue weighted by molar-refractivity contribution is 6.12. The molecule has 0 heterocycles. The summed E-state index contributed by atoms with van der Waals surface area (Å²) < 4.78 is 11.0. The summed E-state index contributed by atoms with van der Waals surface area (Å²) in [7, 11) is 0. The van der Waals surface area contributed by atoms with Crippen molar-refractivity contribution in [2.75, 3.05) is 0 Å². The highest BCUT2D eigenvalue weighted by Crippen LogP contribution is 2.25.